The molecule has 0 bridgehead atoms. The summed E-state index contributed by atoms with van der Waals surface area (Å²) in [6.07, 6.45) is 3.39. The van der Waals surface area contributed by atoms with Crippen LogP contribution in [0, 0.1) is 5.92 Å². The minimum absolute atomic E-state index is 0. The summed E-state index contributed by atoms with van der Waals surface area (Å²) in [7, 11) is 0. The first-order valence-electron chi connectivity index (χ1n) is 6.73. The molecule has 1 aliphatic heterocycles. The van der Waals surface area contributed by atoms with Gasteiger partial charge in [0.2, 0.25) is 5.91 Å². The van der Waals surface area contributed by atoms with E-state index >= 15 is 0 Å². The van der Waals surface area contributed by atoms with Crippen molar-refractivity contribution in [3.05, 3.63) is 0 Å². The van der Waals surface area contributed by atoms with Gasteiger partial charge >= 0.3 is 0 Å². The van der Waals surface area contributed by atoms with Crippen molar-refractivity contribution in [2.24, 2.45) is 22.4 Å². The van der Waals surface area contributed by atoms with E-state index in [2.05, 4.69) is 9.89 Å². The number of aliphatic imine (C=N–C) groups is 1. The molecular formula is C12H24IN5O. The topological polar surface area (TPSA) is 87.9 Å². The van der Waals surface area contributed by atoms with E-state index in [0.29, 0.717) is 18.4 Å². The van der Waals surface area contributed by atoms with Crippen LogP contribution in [0.25, 0.3) is 0 Å². The third kappa shape index (κ3) is 4.79. The molecule has 6 nitrogen and oxygen atoms in total. The Morgan fingerprint density at radius 3 is 2.26 bits per heavy atom. The Bertz CT molecular complexity index is 320. The molecule has 1 saturated heterocycles. The summed E-state index contributed by atoms with van der Waals surface area (Å²) >= 11 is 0. The second-order valence-corrected chi connectivity index (χ2v) is 5.10. The van der Waals surface area contributed by atoms with E-state index in [0.717, 1.165) is 45.6 Å². The van der Waals surface area contributed by atoms with Crippen molar-refractivity contribution in [3.8, 4) is 0 Å². The number of guanidine groups is 1. The van der Waals surface area contributed by atoms with Crippen LogP contribution in [0.3, 0.4) is 0 Å². The van der Waals surface area contributed by atoms with E-state index in [1.54, 1.807) is 0 Å². The van der Waals surface area contributed by atoms with E-state index < -0.39 is 0 Å². The molecule has 0 unspecified atom stereocenters. The lowest BCUT2D eigenvalue weighted by Gasteiger charge is -2.38. The van der Waals surface area contributed by atoms with Crippen LogP contribution < -0.4 is 11.5 Å². The Hall–Kier alpha value is -0.570. The van der Waals surface area contributed by atoms with Gasteiger partial charge in [-0.3, -0.25) is 14.7 Å². The van der Waals surface area contributed by atoms with Crippen LogP contribution in [0.4, 0.5) is 0 Å². The predicted molar refractivity (Wildman–Crippen MR) is 86.5 cm³/mol. The second kappa shape index (κ2) is 7.88. The van der Waals surface area contributed by atoms with Gasteiger partial charge in [0.05, 0.1) is 6.54 Å². The molecule has 4 N–H and O–H groups in total. The molecule has 1 saturated carbocycles. The summed E-state index contributed by atoms with van der Waals surface area (Å²) in [5.74, 6) is 0.831. The molecule has 19 heavy (non-hydrogen) atoms. The Morgan fingerprint density at radius 1 is 1.16 bits per heavy atom. The van der Waals surface area contributed by atoms with Gasteiger partial charge in [-0.1, -0.05) is 6.42 Å². The van der Waals surface area contributed by atoms with Gasteiger partial charge in [0.15, 0.2) is 5.96 Å². The molecule has 0 radical (unpaired) electrons. The molecular weight excluding hydrogens is 357 g/mol. The zero-order chi connectivity index (χ0) is 13.0. The van der Waals surface area contributed by atoms with Gasteiger partial charge in [-0.2, -0.15) is 0 Å². The molecule has 0 atom stereocenters. The van der Waals surface area contributed by atoms with Crippen LogP contribution in [0.1, 0.15) is 19.3 Å². The first-order chi connectivity index (χ1) is 8.66. The fraction of sp³-hybridized carbons (Fsp3) is 0.833. The fourth-order valence-electron chi connectivity index (χ4n) is 2.43. The van der Waals surface area contributed by atoms with Gasteiger partial charge in [-0.15, -0.1) is 24.0 Å². The van der Waals surface area contributed by atoms with Gasteiger partial charge in [-0.05, 0) is 12.8 Å². The number of rotatable bonds is 4. The lowest BCUT2D eigenvalue weighted by atomic mass is 9.84. The van der Waals surface area contributed by atoms with Gasteiger partial charge in [0.1, 0.15) is 0 Å². The van der Waals surface area contributed by atoms with E-state index in [-0.39, 0.29) is 29.9 Å². The SMILES string of the molecule is I.NC(N)=NCCN1CCN(C(=O)C2CCC2)CC1. The average Bonchev–Trinajstić information content (AvgIpc) is 2.27. The summed E-state index contributed by atoms with van der Waals surface area (Å²) in [5.41, 5.74) is 10.6. The van der Waals surface area contributed by atoms with Crippen LogP contribution in [-0.4, -0.2) is 60.9 Å². The van der Waals surface area contributed by atoms with Crippen molar-refractivity contribution in [1.29, 1.82) is 0 Å². The number of carbonyl (C=O) groups excluding carboxylic acids is 1. The van der Waals surface area contributed by atoms with Crippen molar-refractivity contribution < 1.29 is 4.79 Å². The zero-order valence-corrected chi connectivity index (χ0v) is 13.6. The molecule has 1 heterocycles. The summed E-state index contributed by atoms with van der Waals surface area (Å²) in [4.78, 5) is 20.3. The molecule has 0 aromatic heterocycles. The Labute approximate surface area is 131 Å². The maximum atomic E-state index is 12.0. The first-order valence-corrected chi connectivity index (χ1v) is 6.73. The van der Waals surface area contributed by atoms with Crippen LogP contribution in [0.15, 0.2) is 4.99 Å². The van der Waals surface area contributed by atoms with Crippen LogP contribution in [0.5, 0.6) is 0 Å². The van der Waals surface area contributed by atoms with Crippen molar-refractivity contribution in [3.63, 3.8) is 0 Å². The van der Waals surface area contributed by atoms with Crippen molar-refractivity contribution in [2.75, 3.05) is 39.3 Å². The number of halogens is 1. The monoisotopic (exact) mass is 381 g/mol. The van der Waals surface area contributed by atoms with E-state index in [1.807, 2.05) is 4.90 Å². The quantitative estimate of drug-likeness (QED) is 0.402. The standard InChI is InChI=1S/C12H23N5O.HI/c13-12(14)15-4-5-16-6-8-17(9-7-16)11(18)10-2-1-3-10;/h10H,1-9H2,(H4,13,14,15);1H. The number of nitrogens with zero attached hydrogens (tertiary/aromatic N) is 3. The van der Waals surface area contributed by atoms with Gasteiger partial charge in [0, 0.05) is 38.6 Å². The molecule has 110 valence electrons. The zero-order valence-electron chi connectivity index (χ0n) is 11.3. The molecule has 0 aromatic rings. The van der Waals surface area contributed by atoms with E-state index in [9.17, 15) is 4.79 Å². The number of amides is 1. The fourth-order valence-corrected chi connectivity index (χ4v) is 2.43. The van der Waals surface area contributed by atoms with Gasteiger partial charge < -0.3 is 16.4 Å². The molecule has 2 rings (SSSR count). The Balaban J connectivity index is 0.00000180. The minimum Gasteiger partial charge on any atom is -0.370 e. The summed E-state index contributed by atoms with van der Waals surface area (Å²) < 4.78 is 0. The highest BCUT2D eigenvalue weighted by molar-refractivity contribution is 14.0. The lowest BCUT2D eigenvalue weighted by Crippen LogP contribution is -2.51. The van der Waals surface area contributed by atoms with Crippen molar-refractivity contribution in [1.82, 2.24) is 9.80 Å². The summed E-state index contributed by atoms with van der Waals surface area (Å²) in [6.45, 7) is 5.05. The van der Waals surface area contributed by atoms with Gasteiger partial charge in [-0.25, -0.2) is 0 Å². The van der Waals surface area contributed by atoms with Gasteiger partial charge in [0.25, 0.3) is 0 Å². The van der Waals surface area contributed by atoms with E-state index in [4.69, 9.17) is 11.5 Å². The van der Waals surface area contributed by atoms with Crippen LogP contribution >= 0.6 is 24.0 Å². The highest BCUT2D eigenvalue weighted by Crippen LogP contribution is 2.28. The Morgan fingerprint density at radius 2 is 1.79 bits per heavy atom. The average molecular weight is 381 g/mol. The van der Waals surface area contributed by atoms with E-state index in [1.165, 1.54) is 6.42 Å². The number of hydrogen-bond acceptors (Lipinski definition) is 3. The maximum absolute atomic E-state index is 12.0. The number of hydrogen-bond donors (Lipinski definition) is 2. The van der Waals surface area contributed by atoms with Crippen LogP contribution in [0.2, 0.25) is 0 Å². The molecule has 2 fully saturated rings. The predicted octanol–water partition coefficient (Wildman–Crippen LogP) is -0.178. The van der Waals surface area contributed by atoms with Crippen molar-refractivity contribution >= 4 is 35.8 Å². The molecule has 2 aliphatic rings. The normalized spacial score (nSPS) is 20.3. The smallest absolute Gasteiger partial charge is 0.225 e. The summed E-state index contributed by atoms with van der Waals surface area (Å²) in [5, 5.41) is 0. The molecule has 1 aliphatic carbocycles. The molecule has 0 aromatic carbocycles. The Kier molecular flexibility index (Phi) is 6.84. The largest absolute Gasteiger partial charge is 0.370 e. The highest BCUT2D eigenvalue weighted by atomic mass is 127. The van der Waals surface area contributed by atoms with Crippen molar-refractivity contribution in [2.45, 2.75) is 19.3 Å². The summed E-state index contributed by atoms with van der Waals surface area (Å²) in [6, 6.07) is 0. The lowest BCUT2D eigenvalue weighted by molar-refractivity contribution is -0.139. The molecule has 0 spiro atoms. The maximum Gasteiger partial charge on any atom is 0.225 e. The number of nitrogens with two attached hydrogens (primary N) is 2. The van der Waals surface area contributed by atoms with Crippen LogP contribution in [-0.2, 0) is 4.79 Å². The second-order valence-electron chi connectivity index (χ2n) is 5.10. The third-order valence-electron chi connectivity index (χ3n) is 3.85. The highest BCUT2D eigenvalue weighted by Gasteiger charge is 2.30. The molecule has 1 amide bonds. The first kappa shape index (κ1) is 16.5. The number of piperazine rings is 1. The molecule has 7 heteroatoms. The third-order valence-corrected chi connectivity index (χ3v) is 3.85. The number of carbonyl (C=O) groups is 1. The minimum atomic E-state index is 0.